The van der Waals surface area contributed by atoms with E-state index < -0.39 is 0 Å². The molecule has 1 aliphatic carbocycles. The van der Waals surface area contributed by atoms with Gasteiger partial charge >= 0.3 is 0 Å². The van der Waals surface area contributed by atoms with Gasteiger partial charge < -0.3 is 10.3 Å². The molecule has 1 aromatic heterocycles. The second-order valence-electron chi connectivity index (χ2n) is 4.46. The molecule has 0 aliphatic heterocycles. The molecule has 2 N–H and O–H groups in total. The topological polar surface area (TPSA) is 30.9 Å². The minimum atomic E-state index is 0.624. The summed E-state index contributed by atoms with van der Waals surface area (Å²) >= 11 is 0. The van der Waals surface area contributed by atoms with Crippen molar-refractivity contribution >= 4 is 10.9 Å². The van der Waals surface area contributed by atoms with Gasteiger partial charge in [0, 0.05) is 24.7 Å². The van der Waals surface area contributed by atoms with E-state index in [1.807, 2.05) is 0 Å². The summed E-state index contributed by atoms with van der Waals surface area (Å²) in [5.74, 6) is 0.799. The van der Waals surface area contributed by atoms with E-state index in [-0.39, 0.29) is 0 Å². The van der Waals surface area contributed by atoms with E-state index in [0.29, 0.717) is 6.54 Å². The molecule has 3 rings (SSSR count). The van der Waals surface area contributed by atoms with E-state index in [0.717, 1.165) is 5.92 Å². The predicted octanol–water partition coefficient (Wildman–Crippen LogP) is 2.51. The summed E-state index contributed by atoms with van der Waals surface area (Å²) in [4.78, 5) is 0. The Labute approximate surface area is 89.7 Å². The number of nitrogens with two attached hydrogens (primary N) is 1. The van der Waals surface area contributed by atoms with Crippen molar-refractivity contribution in [1.82, 2.24) is 4.57 Å². The first-order valence-electron chi connectivity index (χ1n) is 5.58. The maximum atomic E-state index is 5.77. The molecule has 2 heteroatoms. The fourth-order valence-corrected chi connectivity index (χ4v) is 2.46. The highest BCUT2D eigenvalue weighted by molar-refractivity contribution is 5.84. The number of fused-ring (bicyclic) bond motifs is 1. The van der Waals surface area contributed by atoms with E-state index in [1.165, 1.54) is 35.0 Å². The standard InChI is InChI=1S/C13H16N2/c1-15-12(9-5-6-9)7-10-3-2-4-11(8-14)13(10)15/h2-4,7,9H,5-6,8,14H2,1H3. The second-order valence-corrected chi connectivity index (χ2v) is 4.46. The lowest BCUT2D eigenvalue weighted by Crippen LogP contribution is -2.01. The van der Waals surface area contributed by atoms with Crippen LogP contribution in [0.15, 0.2) is 24.3 Å². The number of hydrogen-bond acceptors (Lipinski definition) is 1. The second kappa shape index (κ2) is 3.11. The van der Waals surface area contributed by atoms with E-state index in [4.69, 9.17) is 5.73 Å². The molecule has 1 fully saturated rings. The van der Waals surface area contributed by atoms with Crippen molar-refractivity contribution in [1.29, 1.82) is 0 Å². The summed E-state index contributed by atoms with van der Waals surface area (Å²) in [7, 11) is 2.16. The molecule has 78 valence electrons. The van der Waals surface area contributed by atoms with Gasteiger partial charge in [-0.3, -0.25) is 0 Å². The Morgan fingerprint density at radius 2 is 2.20 bits per heavy atom. The molecule has 0 bridgehead atoms. The first-order chi connectivity index (χ1) is 7.31. The zero-order valence-electron chi connectivity index (χ0n) is 9.03. The molecular weight excluding hydrogens is 184 g/mol. The molecule has 2 aromatic rings. The van der Waals surface area contributed by atoms with Crippen LogP contribution in [0.3, 0.4) is 0 Å². The fourth-order valence-electron chi connectivity index (χ4n) is 2.46. The third-order valence-corrected chi connectivity index (χ3v) is 3.39. The van der Waals surface area contributed by atoms with Gasteiger partial charge in [-0.2, -0.15) is 0 Å². The number of rotatable bonds is 2. The summed E-state index contributed by atoms with van der Waals surface area (Å²) in [5, 5.41) is 1.34. The Bertz CT molecular complexity index is 506. The largest absolute Gasteiger partial charge is 0.347 e. The zero-order chi connectivity index (χ0) is 10.4. The molecule has 0 amide bonds. The van der Waals surface area contributed by atoms with Crippen LogP contribution in [-0.2, 0) is 13.6 Å². The molecule has 0 spiro atoms. The predicted molar refractivity (Wildman–Crippen MR) is 62.8 cm³/mol. The highest BCUT2D eigenvalue weighted by atomic mass is 15.0. The van der Waals surface area contributed by atoms with Crippen LogP contribution in [0, 0.1) is 0 Å². The van der Waals surface area contributed by atoms with Crippen molar-refractivity contribution in [2.24, 2.45) is 12.8 Å². The Hall–Kier alpha value is -1.28. The van der Waals surface area contributed by atoms with Gasteiger partial charge in [-0.15, -0.1) is 0 Å². The van der Waals surface area contributed by atoms with Crippen LogP contribution in [0.4, 0.5) is 0 Å². The molecule has 1 aromatic carbocycles. The van der Waals surface area contributed by atoms with E-state index in [9.17, 15) is 0 Å². The Balaban J connectivity index is 2.29. The van der Waals surface area contributed by atoms with Gasteiger partial charge in [-0.25, -0.2) is 0 Å². The van der Waals surface area contributed by atoms with Crippen molar-refractivity contribution in [3.63, 3.8) is 0 Å². The lowest BCUT2D eigenvalue weighted by atomic mass is 10.1. The van der Waals surface area contributed by atoms with Crippen LogP contribution >= 0.6 is 0 Å². The van der Waals surface area contributed by atoms with Crippen LogP contribution in [-0.4, -0.2) is 4.57 Å². The monoisotopic (exact) mass is 200 g/mol. The number of hydrogen-bond donors (Lipinski definition) is 1. The van der Waals surface area contributed by atoms with Gasteiger partial charge in [0.2, 0.25) is 0 Å². The van der Waals surface area contributed by atoms with Crippen LogP contribution in [0.2, 0.25) is 0 Å². The Morgan fingerprint density at radius 1 is 1.40 bits per heavy atom. The first kappa shape index (κ1) is 8.98. The van der Waals surface area contributed by atoms with Crippen molar-refractivity contribution in [3.05, 3.63) is 35.5 Å². The summed E-state index contributed by atoms with van der Waals surface area (Å²) < 4.78 is 2.33. The van der Waals surface area contributed by atoms with Crippen LogP contribution in [0.1, 0.15) is 30.0 Å². The minimum absolute atomic E-state index is 0.624. The molecule has 2 nitrogen and oxygen atoms in total. The van der Waals surface area contributed by atoms with Crippen molar-refractivity contribution in [3.8, 4) is 0 Å². The molecule has 0 saturated heterocycles. The fraction of sp³-hybridized carbons (Fsp3) is 0.385. The molecular formula is C13H16N2. The van der Waals surface area contributed by atoms with Crippen molar-refractivity contribution in [2.75, 3.05) is 0 Å². The zero-order valence-corrected chi connectivity index (χ0v) is 9.03. The summed E-state index contributed by atoms with van der Waals surface area (Å²) in [5.41, 5.74) is 9.82. The summed E-state index contributed by atoms with van der Waals surface area (Å²) in [6, 6.07) is 8.73. The van der Waals surface area contributed by atoms with Gasteiger partial charge in [-0.05, 0) is 30.4 Å². The minimum Gasteiger partial charge on any atom is -0.347 e. The van der Waals surface area contributed by atoms with Crippen LogP contribution < -0.4 is 5.73 Å². The van der Waals surface area contributed by atoms with Gasteiger partial charge in [0.15, 0.2) is 0 Å². The summed E-state index contributed by atoms with van der Waals surface area (Å²) in [6.07, 6.45) is 2.70. The van der Waals surface area contributed by atoms with Gasteiger partial charge in [0.25, 0.3) is 0 Å². The number of aromatic nitrogens is 1. The highest BCUT2D eigenvalue weighted by Gasteiger charge is 2.27. The SMILES string of the molecule is Cn1c(C2CC2)cc2cccc(CN)c21. The van der Waals surface area contributed by atoms with E-state index >= 15 is 0 Å². The molecule has 0 unspecified atom stereocenters. The van der Waals surface area contributed by atoms with Crippen molar-refractivity contribution < 1.29 is 0 Å². The molecule has 0 radical (unpaired) electrons. The maximum absolute atomic E-state index is 5.77. The van der Waals surface area contributed by atoms with E-state index in [2.05, 4.69) is 35.9 Å². The average molecular weight is 200 g/mol. The third-order valence-electron chi connectivity index (χ3n) is 3.39. The smallest absolute Gasteiger partial charge is 0.0525 e. The molecule has 1 heterocycles. The lowest BCUT2D eigenvalue weighted by Gasteiger charge is -2.05. The Morgan fingerprint density at radius 3 is 2.87 bits per heavy atom. The molecule has 15 heavy (non-hydrogen) atoms. The normalized spacial score (nSPS) is 16.1. The first-order valence-corrected chi connectivity index (χ1v) is 5.58. The molecule has 1 saturated carbocycles. The lowest BCUT2D eigenvalue weighted by molar-refractivity contribution is 0.851. The number of nitrogens with zero attached hydrogens (tertiary/aromatic N) is 1. The summed E-state index contributed by atoms with van der Waals surface area (Å²) in [6.45, 7) is 0.624. The number of para-hydroxylation sites is 1. The van der Waals surface area contributed by atoms with E-state index in [1.54, 1.807) is 0 Å². The van der Waals surface area contributed by atoms with Gasteiger partial charge in [0.05, 0.1) is 5.52 Å². The van der Waals surface area contributed by atoms with Crippen LogP contribution in [0.5, 0.6) is 0 Å². The molecule has 1 aliphatic rings. The number of benzene rings is 1. The quantitative estimate of drug-likeness (QED) is 0.793. The Kier molecular flexibility index (Phi) is 1.86. The maximum Gasteiger partial charge on any atom is 0.0525 e. The van der Waals surface area contributed by atoms with Gasteiger partial charge in [0.1, 0.15) is 0 Å². The number of aryl methyl sites for hydroxylation is 1. The van der Waals surface area contributed by atoms with Crippen LogP contribution in [0.25, 0.3) is 10.9 Å². The third kappa shape index (κ3) is 1.29. The van der Waals surface area contributed by atoms with Crippen molar-refractivity contribution in [2.45, 2.75) is 25.3 Å². The highest BCUT2D eigenvalue weighted by Crippen LogP contribution is 2.42. The average Bonchev–Trinajstić information content (AvgIpc) is 3.04. The molecule has 0 atom stereocenters. The van der Waals surface area contributed by atoms with Gasteiger partial charge in [-0.1, -0.05) is 18.2 Å².